The number of para-hydroxylation sites is 2. The second kappa shape index (κ2) is 13.1. The number of hydrogen-bond donors (Lipinski definition) is 1. The summed E-state index contributed by atoms with van der Waals surface area (Å²) in [6.45, 7) is 13.8. The first-order valence-corrected chi connectivity index (χ1v) is 16.3. The normalized spacial score (nSPS) is 27.4. The molecule has 3 heterocycles. The molecule has 5 rings (SSSR count). The van der Waals surface area contributed by atoms with Crippen molar-refractivity contribution in [3.05, 3.63) is 84.9 Å². The highest BCUT2D eigenvalue weighted by Crippen LogP contribution is 2.65. The Morgan fingerprint density at radius 1 is 1.04 bits per heavy atom. The average molecular weight is 634 g/mol. The van der Waals surface area contributed by atoms with Gasteiger partial charge in [0.15, 0.2) is 0 Å². The van der Waals surface area contributed by atoms with Gasteiger partial charge in [-0.05, 0) is 55.9 Å². The lowest BCUT2D eigenvalue weighted by Gasteiger charge is -2.40. The standard InChI is InChI=1S/C36H44ClN3O5/c1-6-20-38(25-14-10-9-11-15-25)32(42)29-30-33(43)40(26(23-41)22-24(4)5)31(36(30)19-18-35(29,8-3)45-36)34(44)39(21-7-2)28-17-13-12-16-27(28)37/h6-7,9-17,24,26,29-31,41H,1-2,8,18-23H2,3-5H3/t26-,29-,30+,31?,35+,36?/m1/s1. The smallest absolute Gasteiger partial charge is 0.253 e. The molecule has 6 atom stereocenters. The SMILES string of the molecule is C=CCN(C(=O)[C@H]1[C@H]2C(=O)N([C@@H](CO)CC(C)C)C(C(=O)N(CC=C)c3ccccc3Cl)C23CC[C@]1(CC)O3)c1ccccc1. The molecule has 0 saturated carbocycles. The Kier molecular flexibility index (Phi) is 9.59. The Hall–Kier alpha value is -3.46. The molecule has 2 bridgehead atoms. The summed E-state index contributed by atoms with van der Waals surface area (Å²) >= 11 is 6.61. The Morgan fingerprint density at radius 2 is 1.69 bits per heavy atom. The van der Waals surface area contributed by atoms with E-state index in [1.165, 1.54) is 0 Å². The van der Waals surface area contributed by atoms with Crippen molar-refractivity contribution in [1.29, 1.82) is 0 Å². The van der Waals surface area contributed by atoms with Crippen LogP contribution in [0.15, 0.2) is 79.9 Å². The second-order valence-corrected chi connectivity index (χ2v) is 13.2. The third-order valence-corrected chi connectivity index (χ3v) is 10.2. The first-order valence-electron chi connectivity index (χ1n) is 15.9. The number of aliphatic hydroxyl groups excluding tert-OH is 1. The number of benzene rings is 2. The number of carbonyl (C=O) groups excluding carboxylic acids is 3. The summed E-state index contributed by atoms with van der Waals surface area (Å²) in [5.74, 6) is -2.51. The molecule has 3 amide bonds. The molecule has 2 unspecified atom stereocenters. The predicted octanol–water partition coefficient (Wildman–Crippen LogP) is 5.64. The van der Waals surface area contributed by atoms with Gasteiger partial charge >= 0.3 is 0 Å². The molecule has 3 fully saturated rings. The van der Waals surface area contributed by atoms with Gasteiger partial charge in [-0.1, -0.05) is 74.9 Å². The van der Waals surface area contributed by atoms with Crippen LogP contribution >= 0.6 is 11.6 Å². The highest BCUT2D eigenvalue weighted by atomic mass is 35.5. The van der Waals surface area contributed by atoms with Crippen LogP contribution in [0.4, 0.5) is 11.4 Å². The Morgan fingerprint density at radius 3 is 2.29 bits per heavy atom. The van der Waals surface area contributed by atoms with Gasteiger partial charge in [0.25, 0.3) is 5.91 Å². The van der Waals surface area contributed by atoms with Crippen LogP contribution in [-0.4, -0.2) is 70.7 Å². The molecule has 45 heavy (non-hydrogen) atoms. The zero-order valence-corrected chi connectivity index (χ0v) is 27.2. The number of rotatable bonds is 13. The monoisotopic (exact) mass is 633 g/mol. The number of anilines is 2. The fourth-order valence-electron chi connectivity index (χ4n) is 8.01. The van der Waals surface area contributed by atoms with Crippen molar-refractivity contribution in [3.8, 4) is 0 Å². The Labute approximate surface area is 271 Å². The molecular formula is C36H44ClN3O5. The molecule has 3 aliphatic rings. The molecular weight excluding hydrogens is 590 g/mol. The lowest BCUT2D eigenvalue weighted by atomic mass is 9.64. The van der Waals surface area contributed by atoms with Crippen molar-refractivity contribution >= 4 is 40.7 Å². The summed E-state index contributed by atoms with van der Waals surface area (Å²) in [5.41, 5.74) is -0.986. The highest BCUT2D eigenvalue weighted by Gasteiger charge is 2.79. The third kappa shape index (κ3) is 5.41. The molecule has 2 aromatic rings. The molecule has 1 spiro atoms. The number of amides is 3. The van der Waals surface area contributed by atoms with E-state index in [9.17, 15) is 19.5 Å². The van der Waals surface area contributed by atoms with Crippen molar-refractivity contribution < 1.29 is 24.2 Å². The van der Waals surface area contributed by atoms with E-state index in [4.69, 9.17) is 16.3 Å². The van der Waals surface area contributed by atoms with Gasteiger partial charge in [0.05, 0.1) is 40.8 Å². The largest absolute Gasteiger partial charge is 0.394 e. The maximum atomic E-state index is 15.0. The van der Waals surface area contributed by atoms with E-state index in [0.717, 1.165) is 0 Å². The summed E-state index contributed by atoms with van der Waals surface area (Å²) in [4.78, 5) is 49.3. The van der Waals surface area contributed by atoms with E-state index in [1.807, 2.05) is 51.1 Å². The number of hydrogen-bond acceptors (Lipinski definition) is 5. The van der Waals surface area contributed by atoms with Gasteiger partial charge in [-0.3, -0.25) is 14.4 Å². The number of nitrogens with zero attached hydrogens (tertiary/aromatic N) is 3. The van der Waals surface area contributed by atoms with Gasteiger partial charge in [-0.25, -0.2) is 0 Å². The van der Waals surface area contributed by atoms with Crippen molar-refractivity contribution in [2.75, 3.05) is 29.5 Å². The number of aliphatic hydroxyl groups is 1. The van der Waals surface area contributed by atoms with Crippen LogP contribution < -0.4 is 9.80 Å². The quantitative estimate of drug-likeness (QED) is 0.288. The van der Waals surface area contributed by atoms with Crippen LogP contribution in [0.1, 0.15) is 46.5 Å². The molecule has 8 nitrogen and oxygen atoms in total. The molecule has 1 N–H and O–H groups in total. The van der Waals surface area contributed by atoms with Crippen LogP contribution in [0.5, 0.6) is 0 Å². The van der Waals surface area contributed by atoms with Crippen LogP contribution in [0.25, 0.3) is 0 Å². The lowest BCUT2D eigenvalue weighted by molar-refractivity contribution is -0.149. The molecule has 0 aliphatic carbocycles. The van der Waals surface area contributed by atoms with Gasteiger partial charge in [-0.2, -0.15) is 0 Å². The van der Waals surface area contributed by atoms with Crippen molar-refractivity contribution in [3.63, 3.8) is 0 Å². The van der Waals surface area contributed by atoms with Gasteiger partial charge in [0.2, 0.25) is 11.8 Å². The summed E-state index contributed by atoms with van der Waals surface area (Å²) in [6.07, 6.45) is 5.23. The Bertz CT molecular complexity index is 1450. The van der Waals surface area contributed by atoms with E-state index in [-0.39, 0.29) is 43.3 Å². The van der Waals surface area contributed by atoms with Crippen molar-refractivity contribution in [2.45, 2.75) is 69.7 Å². The van der Waals surface area contributed by atoms with E-state index < -0.39 is 35.1 Å². The van der Waals surface area contributed by atoms with Gasteiger partial charge in [-0.15, -0.1) is 13.2 Å². The van der Waals surface area contributed by atoms with Gasteiger partial charge < -0.3 is 24.5 Å². The van der Waals surface area contributed by atoms with E-state index in [0.29, 0.717) is 42.1 Å². The summed E-state index contributed by atoms with van der Waals surface area (Å²) in [7, 11) is 0. The third-order valence-electron chi connectivity index (χ3n) is 9.83. The number of fused-ring (bicyclic) bond motifs is 1. The topological polar surface area (TPSA) is 90.4 Å². The average Bonchev–Trinajstić information content (AvgIpc) is 3.65. The number of ether oxygens (including phenoxy) is 1. The Balaban J connectivity index is 1.67. The summed E-state index contributed by atoms with van der Waals surface area (Å²) in [5, 5.41) is 11.1. The van der Waals surface area contributed by atoms with Crippen LogP contribution in [0.3, 0.4) is 0 Å². The van der Waals surface area contributed by atoms with Gasteiger partial charge in [0.1, 0.15) is 11.6 Å². The fourth-order valence-corrected chi connectivity index (χ4v) is 8.24. The minimum Gasteiger partial charge on any atom is -0.394 e. The zero-order valence-electron chi connectivity index (χ0n) is 26.4. The predicted molar refractivity (Wildman–Crippen MR) is 177 cm³/mol. The number of halogens is 1. The first kappa shape index (κ1) is 32.9. The summed E-state index contributed by atoms with van der Waals surface area (Å²) < 4.78 is 7.02. The molecule has 3 saturated heterocycles. The number of carbonyl (C=O) groups is 3. The van der Waals surface area contributed by atoms with Gasteiger partial charge in [0, 0.05) is 18.8 Å². The van der Waals surface area contributed by atoms with E-state index in [1.54, 1.807) is 51.1 Å². The maximum Gasteiger partial charge on any atom is 0.253 e. The summed E-state index contributed by atoms with van der Waals surface area (Å²) in [6, 6.07) is 14.7. The lowest BCUT2D eigenvalue weighted by Crippen LogP contribution is -2.59. The molecule has 240 valence electrons. The molecule has 0 radical (unpaired) electrons. The molecule has 9 heteroatoms. The van der Waals surface area contributed by atoms with Crippen LogP contribution in [0, 0.1) is 17.8 Å². The minimum atomic E-state index is -1.26. The van der Waals surface area contributed by atoms with E-state index in [2.05, 4.69) is 13.2 Å². The zero-order chi connectivity index (χ0) is 32.5. The van der Waals surface area contributed by atoms with Crippen LogP contribution in [0.2, 0.25) is 5.02 Å². The molecule has 2 aromatic carbocycles. The van der Waals surface area contributed by atoms with E-state index >= 15 is 0 Å². The first-order chi connectivity index (χ1) is 21.6. The van der Waals surface area contributed by atoms with Crippen molar-refractivity contribution in [1.82, 2.24) is 4.90 Å². The minimum absolute atomic E-state index is 0.134. The fraction of sp³-hybridized carbons (Fsp3) is 0.472. The molecule has 3 aliphatic heterocycles. The highest BCUT2D eigenvalue weighted by molar-refractivity contribution is 6.34. The second-order valence-electron chi connectivity index (χ2n) is 12.8. The van der Waals surface area contributed by atoms with Crippen molar-refractivity contribution in [2.24, 2.45) is 17.8 Å². The maximum absolute atomic E-state index is 15.0. The van der Waals surface area contributed by atoms with Crippen LogP contribution in [-0.2, 0) is 19.1 Å². The molecule has 0 aromatic heterocycles. The number of likely N-dealkylation sites (tertiary alicyclic amines) is 1.